The summed E-state index contributed by atoms with van der Waals surface area (Å²) in [5, 5.41) is 3.40. The molecule has 1 heterocycles. The van der Waals surface area contributed by atoms with Crippen LogP contribution in [0.15, 0.2) is 16.3 Å². The summed E-state index contributed by atoms with van der Waals surface area (Å²) in [6.45, 7) is 1.30. The van der Waals surface area contributed by atoms with Crippen LogP contribution < -0.4 is 10.0 Å². The molecule has 0 spiro atoms. The molecule has 7 heteroatoms. The van der Waals surface area contributed by atoms with E-state index in [2.05, 4.69) is 16.3 Å². The molecule has 2 N–H and O–H groups in total. The minimum atomic E-state index is -3.32. The fraction of sp³-hybridized carbons (Fsp3) is 0.692. The van der Waals surface area contributed by atoms with Crippen molar-refractivity contribution < 1.29 is 8.42 Å². The molecule has 4 nitrogen and oxygen atoms in total. The second-order valence-corrected chi connectivity index (χ2v) is 9.12. The van der Waals surface area contributed by atoms with Crippen molar-refractivity contribution in [1.82, 2.24) is 10.0 Å². The predicted octanol–water partition coefficient (Wildman–Crippen LogP) is 2.42. The smallest absolute Gasteiger partial charge is 0.250 e. The maximum absolute atomic E-state index is 12.1. The Morgan fingerprint density at radius 2 is 2.15 bits per heavy atom. The highest BCUT2D eigenvalue weighted by Crippen LogP contribution is 2.24. The van der Waals surface area contributed by atoms with Gasteiger partial charge in [0.2, 0.25) is 10.0 Å². The number of hydrogen-bond acceptors (Lipinski definition) is 5. The molecule has 114 valence electrons. The van der Waals surface area contributed by atoms with E-state index in [0.717, 1.165) is 30.0 Å². The van der Waals surface area contributed by atoms with Crippen molar-refractivity contribution in [2.75, 3.05) is 18.6 Å². The molecule has 2 rings (SSSR count). The van der Waals surface area contributed by atoms with Crippen LogP contribution in [-0.2, 0) is 16.6 Å². The summed E-state index contributed by atoms with van der Waals surface area (Å²) in [5.74, 6) is 1.08. The fourth-order valence-corrected chi connectivity index (χ4v) is 4.70. The SMILES string of the molecule is CSCCCCNS(=O)(=O)c1ccc(CNC2CC2)s1. The Kier molecular flexibility index (Phi) is 6.35. The maximum atomic E-state index is 12.1. The molecule has 1 aliphatic rings. The number of hydrogen-bond donors (Lipinski definition) is 2. The van der Waals surface area contributed by atoms with Gasteiger partial charge in [-0.25, -0.2) is 13.1 Å². The van der Waals surface area contributed by atoms with Gasteiger partial charge in [0.05, 0.1) is 0 Å². The summed E-state index contributed by atoms with van der Waals surface area (Å²) in [6, 6.07) is 4.26. The van der Waals surface area contributed by atoms with Crippen LogP contribution in [0.5, 0.6) is 0 Å². The van der Waals surface area contributed by atoms with Crippen molar-refractivity contribution in [1.29, 1.82) is 0 Å². The van der Waals surface area contributed by atoms with Gasteiger partial charge in [0.15, 0.2) is 0 Å². The van der Waals surface area contributed by atoms with E-state index in [1.807, 2.05) is 6.07 Å². The van der Waals surface area contributed by atoms with Crippen LogP contribution in [0.3, 0.4) is 0 Å². The molecule has 0 saturated heterocycles. The van der Waals surface area contributed by atoms with Crippen molar-refractivity contribution in [3.8, 4) is 0 Å². The molecule has 0 unspecified atom stereocenters. The van der Waals surface area contributed by atoms with E-state index in [-0.39, 0.29) is 0 Å². The summed E-state index contributed by atoms with van der Waals surface area (Å²) >= 11 is 3.15. The lowest BCUT2D eigenvalue weighted by Crippen LogP contribution is -2.24. The molecule has 0 atom stereocenters. The Morgan fingerprint density at radius 1 is 1.35 bits per heavy atom. The summed E-state index contributed by atoms with van der Waals surface area (Å²) < 4.78 is 27.3. The van der Waals surface area contributed by atoms with Crippen molar-refractivity contribution in [3.05, 3.63) is 17.0 Å². The van der Waals surface area contributed by atoms with E-state index in [1.54, 1.807) is 17.8 Å². The third-order valence-electron chi connectivity index (χ3n) is 3.11. The van der Waals surface area contributed by atoms with Crippen LogP contribution in [-0.4, -0.2) is 33.0 Å². The minimum absolute atomic E-state index is 0.426. The first-order chi connectivity index (χ1) is 9.62. The molecule has 1 aliphatic carbocycles. The first-order valence-electron chi connectivity index (χ1n) is 6.92. The largest absolute Gasteiger partial charge is 0.309 e. The van der Waals surface area contributed by atoms with Crippen LogP contribution in [0.1, 0.15) is 30.6 Å². The molecule has 20 heavy (non-hydrogen) atoms. The standard InChI is InChI=1S/C13H22N2O2S3/c1-18-9-3-2-8-15-20(16,17)13-7-6-12(19-13)10-14-11-4-5-11/h6-7,11,14-15H,2-5,8-10H2,1H3. The number of thioether (sulfide) groups is 1. The normalized spacial score (nSPS) is 15.7. The second kappa shape index (κ2) is 7.79. The molecule has 1 saturated carbocycles. The summed E-state index contributed by atoms with van der Waals surface area (Å²) in [7, 11) is -3.32. The fourth-order valence-electron chi connectivity index (χ4n) is 1.78. The van der Waals surface area contributed by atoms with Crippen molar-refractivity contribution in [2.24, 2.45) is 0 Å². The summed E-state index contributed by atoms with van der Waals surface area (Å²) in [6.07, 6.45) is 6.49. The molecule has 0 aliphatic heterocycles. The van der Waals surface area contributed by atoms with Crippen molar-refractivity contribution >= 4 is 33.1 Å². The van der Waals surface area contributed by atoms with Gasteiger partial charge in [-0.05, 0) is 49.8 Å². The van der Waals surface area contributed by atoms with E-state index in [0.29, 0.717) is 16.8 Å². The van der Waals surface area contributed by atoms with Crippen molar-refractivity contribution in [3.63, 3.8) is 0 Å². The van der Waals surface area contributed by atoms with Crippen LogP contribution in [0.4, 0.5) is 0 Å². The third-order valence-corrected chi connectivity index (χ3v) is 6.85. The van der Waals surface area contributed by atoms with Crippen molar-refractivity contribution in [2.45, 2.75) is 42.5 Å². The highest BCUT2D eigenvalue weighted by atomic mass is 32.2. The Morgan fingerprint density at radius 3 is 2.85 bits per heavy atom. The minimum Gasteiger partial charge on any atom is -0.309 e. The van der Waals surface area contributed by atoms with Gasteiger partial charge in [-0.2, -0.15) is 11.8 Å². The molecular formula is C13H22N2O2S3. The van der Waals surface area contributed by atoms with Gasteiger partial charge in [-0.15, -0.1) is 11.3 Å². The Balaban J connectivity index is 1.78. The monoisotopic (exact) mass is 334 g/mol. The zero-order chi connectivity index (χ0) is 14.4. The van der Waals surface area contributed by atoms with E-state index < -0.39 is 10.0 Å². The van der Waals surface area contributed by atoms with Crippen LogP contribution in [0.2, 0.25) is 0 Å². The van der Waals surface area contributed by atoms with Gasteiger partial charge in [0, 0.05) is 24.0 Å². The molecule has 1 aromatic rings. The summed E-state index contributed by atoms with van der Waals surface area (Å²) in [5.41, 5.74) is 0. The quantitative estimate of drug-likeness (QED) is 0.645. The lowest BCUT2D eigenvalue weighted by Gasteiger charge is -2.04. The number of sulfonamides is 1. The van der Waals surface area contributed by atoms with Crippen LogP contribution >= 0.6 is 23.1 Å². The van der Waals surface area contributed by atoms with E-state index >= 15 is 0 Å². The second-order valence-electron chi connectivity index (χ2n) is 4.97. The Hall–Kier alpha value is -0.0800. The average Bonchev–Trinajstić information content (AvgIpc) is 3.12. The Bertz CT molecular complexity index is 509. The number of nitrogens with one attached hydrogen (secondary N) is 2. The first kappa shape index (κ1) is 16.3. The van der Waals surface area contributed by atoms with E-state index in [9.17, 15) is 8.42 Å². The Labute approximate surface area is 129 Å². The summed E-state index contributed by atoms with van der Waals surface area (Å²) in [4.78, 5) is 1.08. The van der Waals surface area contributed by atoms with Gasteiger partial charge < -0.3 is 5.32 Å². The maximum Gasteiger partial charge on any atom is 0.250 e. The molecule has 1 fully saturated rings. The molecule has 0 amide bonds. The first-order valence-corrected chi connectivity index (χ1v) is 10.6. The molecule has 1 aromatic heterocycles. The van der Waals surface area contributed by atoms with Crippen LogP contribution in [0.25, 0.3) is 0 Å². The highest BCUT2D eigenvalue weighted by Gasteiger charge is 2.21. The molecule has 0 bridgehead atoms. The number of thiophene rings is 1. The highest BCUT2D eigenvalue weighted by molar-refractivity contribution is 7.98. The topological polar surface area (TPSA) is 58.2 Å². The predicted molar refractivity (Wildman–Crippen MR) is 87.0 cm³/mol. The van der Waals surface area contributed by atoms with Gasteiger partial charge >= 0.3 is 0 Å². The van der Waals surface area contributed by atoms with Gasteiger partial charge in [-0.3, -0.25) is 0 Å². The third kappa shape index (κ3) is 5.37. The van der Waals surface area contributed by atoms with E-state index in [1.165, 1.54) is 24.2 Å². The average molecular weight is 335 g/mol. The molecule has 0 radical (unpaired) electrons. The molecular weight excluding hydrogens is 312 g/mol. The zero-order valence-corrected chi connectivity index (χ0v) is 14.2. The van der Waals surface area contributed by atoms with Crippen LogP contribution in [0, 0.1) is 0 Å². The van der Waals surface area contributed by atoms with Gasteiger partial charge in [0.25, 0.3) is 0 Å². The van der Waals surface area contributed by atoms with Gasteiger partial charge in [-0.1, -0.05) is 0 Å². The number of unbranched alkanes of at least 4 members (excludes halogenated alkanes) is 1. The zero-order valence-electron chi connectivity index (χ0n) is 11.7. The lowest BCUT2D eigenvalue weighted by atomic mass is 10.3. The molecule has 0 aromatic carbocycles. The van der Waals surface area contributed by atoms with E-state index in [4.69, 9.17) is 0 Å². The van der Waals surface area contributed by atoms with Gasteiger partial charge in [0.1, 0.15) is 4.21 Å². The number of rotatable bonds is 10. The lowest BCUT2D eigenvalue weighted by molar-refractivity contribution is 0.580.